The molecule has 1 heterocycles. The lowest BCUT2D eigenvalue weighted by Crippen LogP contribution is -2.30. The molecule has 0 bridgehead atoms. The second kappa shape index (κ2) is 11.8. The topological polar surface area (TPSA) is 70.1 Å². The maximum absolute atomic E-state index is 13.6. The summed E-state index contributed by atoms with van der Waals surface area (Å²) in [6.45, 7) is 14.5. The summed E-state index contributed by atoms with van der Waals surface area (Å²) in [4.78, 5) is 31.0. The van der Waals surface area contributed by atoms with E-state index in [1.807, 2.05) is 62.4 Å². The second-order valence-corrected chi connectivity index (χ2v) is 10.5. The zero-order valence-electron chi connectivity index (χ0n) is 23.7. The first kappa shape index (κ1) is 28.0. The number of aliphatic hydroxyl groups excluding tert-OH is 1. The third-order valence-corrected chi connectivity index (χ3v) is 7.10. The van der Waals surface area contributed by atoms with Crippen molar-refractivity contribution in [3.8, 4) is 5.75 Å². The fraction of sp³-hybridized carbons (Fsp3) is 0.333. The fourth-order valence-electron chi connectivity index (χ4n) is 4.98. The van der Waals surface area contributed by atoms with Gasteiger partial charge in [-0.15, -0.1) is 0 Å². The van der Waals surface area contributed by atoms with Crippen molar-refractivity contribution in [1.29, 1.82) is 0 Å². The van der Waals surface area contributed by atoms with E-state index in [4.69, 9.17) is 4.74 Å². The number of carbonyl (C=O) groups excluding carboxylic acids is 2. The van der Waals surface area contributed by atoms with Crippen molar-refractivity contribution in [3.05, 3.63) is 94.6 Å². The Labute approximate surface area is 231 Å². The predicted molar refractivity (Wildman–Crippen MR) is 157 cm³/mol. The van der Waals surface area contributed by atoms with E-state index < -0.39 is 17.7 Å². The maximum Gasteiger partial charge on any atom is 0.300 e. The zero-order chi connectivity index (χ0) is 28.3. The molecule has 0 radical (unpaired) electrons. The lowest BCUT2D eigenvalue weighted by atomic mass is 9.94. The SMILES string of the molecule is CCN(CC)c1ccc(C2/C(=C(\O)c3cccc(OCC(C)C)c3)C(=O)C(=O)N2c2cc(C)ccc2C)cc1. The Morgan fingerprint density at radius 1 is 0.974 bits per heavy atom. The summed E-state index contributed by atoms with van der Waals surface area (Å²) in [6, 6.07) is 20.0. The van der Waals surface area contributed by atoms with Crippen molar-refractivity contribution in [2.75, 3.05) is 29.5 Å². The van der Waals surface area contributed by atoms with Gasteiger partial charge in [-0.2, -0.15) is 0 Å². The molecule has 3 aromatic carbocycles. The molecule has 0 aliphatic carbocycles. The van der Waals surface area contributed by atoms with E-state index in [1.165, 1.54) is 4.90 Å². The number of aliphatic hydroxyl groups is 1. The van der Waals surface area contributed by atoms with Gasteiger partial charge in [0.25, 0.3) is 11.7 Å². The molecule has 4 rings (SSSR count). The quantitative estimate of drug-likeness (QED) is 0.188. The summed E-state index contributed by atoms with van der Waals surface area (Å²) in [7, 11) is 0. The average Bonchev–Trinajstić information content (AvgIpc) is 3.19. The van der Waals surface area contributed by atoms with Crippen molar-refractivity contribution in [3.63, 3.8) is 0 Å². The van der Waals surface area contributed by atoms with Gasteiger partial charge >= 0.3 is 0 Å². The first-order valence-electron chi connectivity index (χ1n) is 13.6. The number of Topliss-reactive ketones (excluding diaryl/α,β-unsaturated/α-hetero) is 1. The average molecular weight is 527 g/mol. The molecule has 1 fully saturated rings. The third-order valence-electron chi connectivity index (χ3n) is 7.10. The predicted octanol–water partition coefficient (Wildman–Crippen LogP) is 6.81. The van der Waals surface area contributed by atoms with Gasteiger partial charge in [0.2, 0.25) is 0 Å². The van der Waals surface area contributed by atoms with Crippen LogP contribution in [0.25, 0.3) is 5.76 Å². The largest absolute Gasteiger partial charge is 0.507 e. The number of benzene rings is 3. The molecule has 6 heteroatoms. The van der Waals surface area contributed by atoms with Gasteiger partial charge in [-0.3, -0.25) is 14.5 Å². The second-order valence-electron chi connectivity index (χ2n) is 10.5. The molecule has 0 spiro atoms. The Bertz CT molecular complexity index is 1390. The molecule has 1 atom stereocenters. The fourth-order valence-corrected chi connectivity index (χ4v) is 4.98. The minimum atomic E-state index is -0.781. The maximum atomic E-state index is 13.6. The summed E-state index contributed by atoms with van der Waals surface area (Å²) in [5.41, 5.74) is 4.81. The lowest BCUT2D eigenvalue weighted by molar-refractivity contribution is -0.132. The van der Waals surface area contributed by atoms with Crippen molar-refractivity contribution in [2.45, 2.75) is 47.6 Å². The van der Waals surface area contributed by atoms with Crippen molar-refractivity contribution in [2.24, 2.45) is 5.92 Å². The molecule has 1 aliphatic heterocycles. The number of ether oxygens (including phenoxy) is 1. The van der Waals surface area contributed by atoms with E-state index in [0.717, 1.165) is 35.5 Å². The summed E-state index contributed by atoms with van der Waals surface area (Å²) in [5.74, 6) is -0.648. The third kappa shape index (κ3) is 5.70. The number of aryl methyl sites for hydroxylation is 2. The molecular formula is C33H38N2O4. The number of nitrogens with zero attached hydrogens (tertiary/aromatic N) is 2. The lowest BCUT2D eigenvalue weighted by Gasteiger charge is -2.28. The zero-order valence-corrected chi connectivity index (χ0v) is 23.7. The molecule has 1 amide bonds. The number of rotatable bonds is 9. The molecule has 1 N–H and O–H groups in total. The normalized spacial score (nSPS) is 16.7. The number of carbonyl (C=O) groups is 2. The van der Waals surface area contributed by atoms with E-state index in [1.54, 1.807) is 18.2 Å². The van der Waals surface area contributed by atoms with Crippen LogP contribution in [0.5, 0.6) is 5.75 Å². The van der Waals surface area contributed by atoms with Gasteiger partial charge in [-0.1, -0.05) is 50.2 Å². The van der Waals surface area contributed by atoms with Crippen LogP contribution in [-0.4, -0.2) is 36.5 Å². The molecule has 0 saturated carbocycles. The van der Waals surface area contributed by atoms with Gasteiger partial charge in [0.05, 0.1) is 18.2 Å². The van der Waals surface area contributed by atoms with E-state index in [2.05, 4.69) is 32.6 Å². The molecule has 1 unspecified atom stereocenters. The summed E-state index contributed by atoms with van der Waals surface area (Å²) in [5, 5.41) is 11.6. The van der Waals surface area contributed by atoms with Crippen molar-refractivity contribution >= 4 is 28.8 Å². The molecular weight excluding hydrogens is 488 g/mol. The van der Waals surface area contributed by atoms with Gasteiger partial charge in [0.15, 0.2) is 0 Å². The first-order chi connectivity index (χ1) is 18.7. The number of amides is 1. The minimum absolute atomic E-state index is 0.0671. The summed E-state index contributed by atoms with van der Waals surface area (Å²) in [6.07, 6.45) is 0. The number of hydrogen-bond donors (Lipinski definition) is 1. The molecule has 204 valence electrons. The van der Waals surface area contributed by atoms with Crippen molar-refractivity contribution in [1.82, 2.24) is 0 Å². The molecule has 39 heavy (non-hydrogen) atoms. The van der Waals surface area contributed by atoms with Crippen molar-refractivity contribution < 1.29 is 19.4 Å². The molecule has 3 aromatic rings. The number of hydrogen-bond acceptors (Lipinski definition) is 5. The highest BCUT2D eigenvalue weighted by molar-refractivity contribution is 6.51. The highest BCUT2D eigenvalue weighted by Gasteiger charge is 2.47. The van der Waals surface area contributed by atoms with Gasteiger partial charge in [-0.25, -0.2) is 0 Å². The van der Waals surface area contributed by atoms with Crippen LogP contribution >= 0.6 is 0 Å². The van der Waals surface area contributed by atoms with Crippen LogP contribution < -0.4 is 14.5 Å². The van der Waals surface area contributed by atoms with Crippen LogP contribution in [0, 0.1) is 19.8 Å². The summed E-state index contributed by atoms with van der Waals surface area (Å²) >= 11 is 0. The van der Waals surface area contributed by atoms with Gasteiger partial charge in [-0.05, 0) is 80.6 Å². The van der Waals surface area contributed by atoms with E-state index in [9.17, 15) is 14.7 Å². The van der Waals surface area contributed by atoms with Crippen LogP contribution in [-0.2, 0) is 9.59 Å². The highest BCUT2D eigenvalue weighted by Crippen LogP contribution is 2.43. The highest BCUT2D eigenvalue weighted by atomic mass is 16.5. The van der Waals surface area contributed by atoms with Crippen LogP contribution in [0.15, 0.2) is 72.3 Å². The molecule has 6 nitrogen and oxygen atoms in total. The van der Waals surface area contributed by atoms with E-state index in [0.29, 0.717) is 29.5 Å². The molecule has 1 saturated heterocycles. The first-order valence-corrected chi connectivity index (χ1v) is 13.6. The Morgan fingerprint density at radius 2 is 1.67 bits per heavy atom. The van der Waals surface area contributed by atoms with E-state index >= 15 is 0 Å². The van der Waals surface area contributed by atoms with Crippen LogP contribution in [0.1, 0.15) is 56.0 Å². The number of anilines is 2. The van der Waals surface area contributed by atoms with Crippen LogP contribution in [0.4, 0.5) is 11.4 Å². The van der Waals surface area contributed by atoms with Crippen LogP contribution in [0.2, 0.25) is 0 Å². The smallest absolute Gasteiger partial charge is 0.300 e. The van der Waals surface area contributed by atoms with Crippen LogP contribution in [0.3, 0.4) is 0 Å². The Hall–Kier alpha value is -4.06. The van der Waals surface area contributed by atoms with Gasteiger partial charge < -0.3 is 14.7 Å². The standard InChI is InChI=1S/C33H38N2O4/c1-7-34(8-2)26-16-14-24(15-17-26)30-29(31(36)25-10-9-11-27(19-25)39-20-21(3)4)32(37)33(38)35(30)28-18-22(5)12-13-23(28)6/h9-19,21,30,36H,7-8,20H2,1-6H3/b31-29+. The number of ketones is 1. The van der Waals surface area contributed by atoms with Gasteiger partial charge in [0, 0.05) is 30.0 Å². The minimum Gasteiger partial charge on any atom is -0.507 e. The molecule has 0 aromatic heterocycles. The van der Waals surface area contributed by atoms with E-state index in [-0.39, 0.29) is 11.3 Å². The summed E-state index contributed by atoms with van der Waals surface area (Å²) < 4.78 is 5.86. The van der Waals surface area contributed by atoms with Gasteiger partial charge in [0.1, 0.15) is 11.5 Å². The Balaban J connectivity index is 1.88. The Morgan fingerprint density at radius 3 is 2.31 bits per heavy atom. The molecule has 1 aliphatic rings. The monoisotopic (exact) mass is 526 g/mol. The Kier molecular flexibility index (Phi) is 8.44.